The van der Waals surface area contributed by atoms with Crippen LogP contribution in [0.1, 0.15) is 19.4 Å². The molecule has 3 N–H and O–H groups in total. The van der Waals surface area contributed by atoms with E-state index < -0.39 is 23.3 Å². The van der Waals surface area contributed by atoms with Crippen LogP contribution < -0.4 is 11.3 Å². The van der Waals surface area contributed by atoms with E-state index in [0.717, 1.165) is 0 Å². The quantitative estimate of drug-likeness (QED) is 0.497. The lowest BCUT2D eigenvalue weighted by molar-refractivity contribution is -0.0104. The Balaban J connectivity index is 3.06. The smallest absolute Gasteiger partial charge is 0.143 e. The van der Waals surface area contributed by atoms with Crippen LogP contribution in [0.4, 0.5) is 8.78 Å². The van der Waals surface area contributed by atoms with Crippen LogP contribution in [0.2, 0.25) is 0 Å². The molecule has 0 radical (unpaired) electrons. The van der Waals surface area contributed by atoms with Gasteiger partial charge in [-0.05, 0) is 48.3 Å². The first kappa shape index (κ1) is 15.5. The van der Waals surface area contributed by atoms with Crippen molar-refractivity contribution in [2.45, 2.75) is 31.9 Å². The highest BCUT2D eigenvalue weighted by atomic mass is 79.9. The monoisotopic (exact) mass is 322 g/mol. The van der Waals surface area contributed by atoms with Crippen LogP contribution in [0, 0.1) is 11.6 Å². The predicted octanol–water partition coefficient (Wildman–Crippen LogP) is 2.53. The minimum Gasteiger partial charge on any atom is -0.377 e. The van der Waals surface area contributed by atoms with Crippen molar-refractivity contribution in [1.29, 1.82) is 0 Å². The number of hydrogen-bond acceptors (Lipinski definition) is 3. The first-order valence-electron chi connectivity index (χ1n) is 5.47. The fourth-order valence-electron chi connectivity index (χ4n) is 1.61. The molecule has 0 heterocycles. The Bertz CT molecular complexity index is 427. The lowest BCUT2D eigenvalue weighted by atomic mass is 9.92. The van der Waals surface area contributed by atoms with Gasteiger partial charge in [0.15, 0.2) is 0 Å². The number of methoxy groups -OCH3 is 1. The number of rotatable bonds is 5. The maximum atomic E-state index is 13.9. The maximum absolute atomic E-state index is 13.9. The van der Waals surface area contributed by atoms with E-state index in [0.29, 0.717) is 0 Å². The molecule has 1 unspecified atom stereocenters. The molecule has 1 atom stereocenters. The molecule has 6 heteroatoms. The Kier molecular flexibility index (Phi) is 5.21. The zero-order valence-electron chi connectivity index (χ0n) is 10.6. The zero-order valence-corrected chi connectivity index (χ0v) is 12.1. The van der Waals surface area contributed by atoms with Crippen LogP contribution in [-0.4, -0.2) is 18.8 Å². The molecule has 0 aliphatic heterocycles. The van der Waals surface area contributed by atoms with Gasteiger partial charge in [0.25, 0.3) is 0 Å². The Morgan fingerprint density at radius 1 is 1.44 bits per heavy atom. The summed E-state index contributed by atoms with van der Waals surface area (Å²) >= 11 is 3.04. The van der Waals surface area contributed by atoms with Crippen LogP contribution in [0.3, 0.4) is 0 Å². The molecule has 0 spiro atoms. The number of nitrogens with one attached hydrogen (secondary N) is 1. The number of halogens is 3. The molecular formula is C12H17BrF2N2O. The minimum atomic E-state index is -0.643. The lowest BCUT2D eigenvalue weighted by Crippen LogP contribution is -2.52. The molecule has 1 aromatic rings. The third-order valence-corrected chi connectivity index (χ3v) is 3.73. The second-order valence-corrected chi connectivity index (χ2v) is 5.41. The largest absolute Gasteiger partial charge is 0.377 e. The normalized spacial score (nSPS) is 13.7. The Hall–Kier alpha value is -0.560. The van der Waals surface area contributed by atoms with Crippen LogP contribution in [0.25, 0.3) is 0 Å². The molecule has 102 valence electrons. The molecule has 0 fully saturated rings. The van der Waals surface area contributed by atoms with Crippen molar-refractivity contribution in [3.63, 3.8) is 0 Å². The van der Waals surface area contributed by atoms with Gasteiger partial charge in [-0.1, -0.05) is 0 Å². The second kappa shape index (κ2) is 6.06. The van der Waals surface area contributed by atoms with E-state index in [4.69, 9.17) is 10.6 Å². The summed E-state index contributed by atoms with van der Waals surface area (Å²) in [6.45, 7) is 3.59. The average Bonchev–Trinajstić information content (AvgIpc) is 2.34. The van der Waals surface area contributed by atoms with Crippen LogP contribution in [0.15, 0.2) is 16.6 Å². The van der Waals surface area contributed by atoms with E-state index in [2.05, 4.69) is 21.4 Å². The molecular weight excluding hydrogens is 306 g/mol. The average molecular weight is 323 g/mol. The summed E-state index contributed by atoms with van der Waals surface area (Å²) in [7, 11) is 1.53. The predicted molar refractivity (Wildman–Crippen MR) is 70.0 cm³/mol. The van der Waals surface area contributed by atoms with Crippen molar-refractivity contribution < 1.29 is 13.5 Å². The van der Waals surface area contributed by atoms with Crippen molar-refractivity contribution in [3.05, 3.63) is 33.8 Å². The van der Waals surface area contributed by atoms with Crippen LogP contribution >= 0.6 is 15.9 Å². The summed E-state index contributed by atoms with van der Waals surface area (Å²) in [5.41, 5.74) is 1.88. The van der Waals surface area contributed by atoms with Crippen molar-refractivity contribution in [1.82, 2.24) is 5.43 Å². The molecule has 3 nitrogen and oxygen atoms in total. The van der Waals surface area contributed by atoms with Crippen molar-refractivity contribution in [2.75, 3.05) is 7.11 Å². The van der Waals surface area contributed by atoms with Gasteiger partial charge in [0, 0.05) is 12.7 Å². The Labute approximate surface area is 114 Å². The highest BCUT2D eigenvalue weighted by Crippen LogP contribution is 2.25. The number of nitrogens with two attached hydrogens (primary N) is 1. The highest BCUT2D eigenvalue weighted by molar-refractivity contribution is 9.10. The third-order valence-electron chi connectivity index (χ3n) is 3.11. The van der Waals surface area contributed by atoms with Gasteiger partial charge in [0.1, 0.15) is 11.6 Å². The van der Waals surface area contributed by atoms with E-state index in [1.54, 1.807) is 13.8 Å². The number of benzene rings is 1. The number of hydrazine groups is 1. The van der Waals surface area contributed by atoms with Gasteiger partial charge in [-0.15, -0.1) is 0 Å². The molecule has 0 aliphatic carbocycles. The zero-order chi connectivity index (χ0) is 13.9. The van der Waals surface area contributed by atoms with Crippen molar-refractivity contribution >= 4 is 15.9 Å². The molecule has 0 amide bonds. The summed E-state index contributed by atoms with van der Waals surface area (Å²) < 4.78 is 33.0. The molecule has 0 aromatic heterocycles. The van der Waals surface area contributed by atoms with Crippen molar-refractivity contribution in [2.24, 2.45) is 5.84 Å². The molecule has 1 rings (SSSR count). The molecule has 0 aliphatic rings. The summed E-state index contributed by atoms with van der Waals surface area (Å²) in [5, 5.41) is 0. The third kappa shape index (κ3) is 3.26. The van der Waals surface area contributed by atoms with E-state index in [1.807, 2.05) is 0 Å². The van der Waals surface area contributed by atoms with Gasteiger partial charge in [-0.25, -0.2) is 8.78 Å². The van der Waals surface area contributed by atoms with Crippen molar-refractivity contribution in [3.8, 4) is 0 Å². The maximum Gasteiger partial charge on any atom is 0.143 e. The lowest BCUT2D eigenvalue weighted by Gasteiger charge is -2.32. The summed E-state index contributed by atoms with van der Waals surface area (Å²) in [4.78, 5) is 0. The van der Waals surface area contributed by atoms with Crippen LogP contribution in [-0.2, 0) is 11.2 Å². The highest BCUT2D eigenvalue weighted by Gasteiger charge is 2.30. The fourth-order valence-corrected chi connectivity index (χ4v) is 1.98. The fraction of sp³-hybridized carbons (Fsp3) is 0.500. The van der Waals surface area contributed by atoms with Gasteiger partial charge in [0.2, 0.25) is 0 Å². The summed E-state index contributed by atoms with van der Waals surface area (Å²) in [5.74, 6) is 4.23. The Morgan fingerprint density at radius 2 is 2.06 bits per heavy atom. The standard InChI is InChI=1S/C12H17BrF2N2O/c1-12(2,18-3)10(17-16)6-7-9(14)5-4-8(13)11(7)15/h4-5,10,17H,6,16H2,1-3H3. The first-order valence-corrected chi connectivity index (χ1v) is 6.26. The van der Waals surface area contributed by atoms with Gasteiger partial charge < -0.3 is 4.74 Å². The second-order valence-electron chi connectivity index (χ2n) is 4.55. The minimum absolute atomic E-state index is 0.0162. The van der Waals surface area contributed by atoms with Gasteiger partial charge in [-0.2, -0.15) is 0 Å². The van der Waals surface area contributed by atoms with E-state index >= 15 is 0 Å². The SMILES string of the molecule is COC(C)(C)C(Cc1c(F)ccc(Br)c1F)NN. The van der Waals surface area contributed by atoms with E-state index in [1.165, 1.54) is 19.2 Å². The molecule has 0 saturated heterocycles. The topological polar surface area (TPSA) is 47.3 Å². The molecule has 1 aromatic carbocycles. The van der Waals surface area contributed by atoms with Gasteiger partial charge in [-0.3, -0.25) is 11.3 Å². The molecule has 0 bridgehead atoms. The summed E-state index contributed by atoms with van der Waals surface area (Å²) in [6.07, 6.45) is 0.0917. The van der Waals surface area contributed by atoms with Gasteiger partial charge >= 0.3 is 0 Å². The molecule has 18 heavy (non-hydrogen) atoms. The van der Waals surface area contributed by atoms with E-state index in [9.17, 15) is 8.78 Å². The molecule has 0 saturated carbocycles. The number of hydrogen-bond donors (Lipinski definition) is 2. The number of ether oxygens (including phenoxy) is 1. The first-order chi connectivity index (χ1) is 8.33. The van der Waals surface area contributed by atoms with Crippen LogP contribution in [0.5, 0.6) is 0 Å². The van der Waals surface area contributed by atoms with E-state index in [-0.39, 0.29) is 16.5 Å². The Morgan fingerprint density at radius 3 is 2.56 bits per heavy atom. The van der Waals surface area contributed by atoms with Gasteiger partial charge in [0.05, 0.1) is 16.1 Å². The summed E-state index contributed by atoms with van der Waals surface area (Å²) in [6, 6.07) is 2.14.